The molecule has 0 unspecified atom stereocenters. The van der Waals surface area contributed by atoms with Gasteiger partial charge in [-0.05, 0) is 133 Å². The Bertz CT molecular complexity index is 3510. The zero-order chi connectivity index (χ0) is 71.8. The minimum Gasteiger partial charge on any atom is -0.493 e. The first kappa shape index (κ1) is 77.0. The van der Waals surface area contributed by atoms with E-state index in [0.29, 0.717) is 101 Å². The fourth-order valence-corrected chi connectivity index (χ4v) is 14.3. The summed E-state index contributed by atoms with van der Waals surface area (Å²) in [5, 5.41) is 31.4. The highest BCUT2D eigenvalue weighted by atomic mass is 35.6. The molecule has 8 fully saturated rings. The average molecular weight is 1490 g/mol. The molecule has 0 spiro atoms. The minimum atomic E-state index is -1.99. The van der Waals surface area contributed by atoms with Crippen molar-refractivity contribution in [2.75, 3.05) is 37.9 Å². The number of carbonyl (C=O) groups is 2. The summed E-state index contributed by atoms with van der Waals surface area (Å²) in [6.45, 7) is 27.3. The number of aliphatic imine (C=N–C) groups is 2. The summed E-state index contributed by atoms with van der Waals surface area (Å²) in [5.41, 5.74) is -2.19. The minimum absolute atomic E-state index is 0.267. The van der Waals surface area contributed by atoms with Crippen molar-refractivity contribution < 1.29 is 90.0 Å². The molecule has 6 saturated heterocycles. The van der Waals surface area contributed by atoms with Crippen LogP contribution in [0.5, 0.6) is 11.5 Å². The maximum Gasteiger partial charge on any atom is 0.339 e. The number of ether oxygens (including phenoxy) is 13. The van der Waals surface area contributed by atoms with Gasteiger partial charge in [0.2, 0.25) is 24.0 Å². The molecular weight excluding hydrogens is 1400 g/mol. The number of fused-ring (bicyclic) bond motifs is 6. The van der Waals surface area contributed by atoms with Crippen LogP contribution in [-0.2, 0) is 66.5 Å². The number of thioether (sulfide) groups is 2. The van der Waals surface area contributed by atoms with Gasteiger partial charge in [0, 0.05) is 23.6 Å². The summed E-state index contributed by atoms with van der Waals surface area (Å²) < 4.78 is 85.7. The van der Waals surface area contributed by atoms with E-state index >= 15 is 0 Å². The maximum atomic E-state index is 13.6. The van der Waals surface area contributed by atoms with Crippen molar-refractivity contribution in [3.8, 4) is 11.5 Å². The van der Waals surface area contributed by atoms with Crippen LogP contribution in [0.3, 0.4) is 0 Å². The highest BCUT2D eigenvalue weighted by Crippen LogP contribution is 2.45. The standard InChI is InChI=1S/C32H45N3O10S.C20H27N3O5S.C14H20Cl3NO6/c1-8-9-20(21-12-19(13-23(36)40-21)38-14-18-10-11-18)33-29(37)32(7)16-46-27(34-32)17(2)35-45-28-26-25(43-31(5,6)44-26)24-22(41-28)15-39-30(3,4)42-24;1-4-5-15(16-8-14(9-17(24)28-16)27-10-13-6-7-13)21-19(25)20(3)11-29-18(22-20)12(2)23-26;1-12(2)19-5-6-7(22-12)8-9(24-13(3,4)23-8)10(20-6)21-11(18)14(15,16)17/h12-13,18,20,22,24-26,28H,8-11,14-16H2,1-7H3,(H,33,37);8-9,13,15,26H,4-7,10-11H2,1-3H3,(H,21,25);6-10,18H,5H2,1-4H3/b35-17+;23-12+;/t20-,22-,24-,25+,26+,28-,32+;15-,20+;6-,7-,8+,9+,10-/m111/s1. The van der Waals surface area contributed by atoms with Crippen LogP contribution in [0.2, 0.25) is 0 Å². The van der Waals surface area contributed by atoms with Crippen molar-refractivity contribution in [1.82, 2.24) is 10.6 Å². The highest BCUT2D eigenvalue weighted by Gasteiger charge is 2.62. The molecule has 12 rings (SSSR count). The third-order valence-corrected chi connectivity index (χ3v) is 20.7. The number of amides is 2. The number of alkyl halides is 3. The van der Waals surface area contributed by atoms with Gasteiger partial charge < -0.3 is 91.1 Å². The molecule has 10 heterocycles. The SMILES string of the molecule is CC1(C)O[C@@H]2[C@H](O1)[C@@H](OC(=N)C(Cl)(Cl)Cl)O[C@@H]1COC(C)(C)O[C@@H]21.CCC[C@@H](NC(=O)[C@]1(C)CSC(/C(C)=N/O)=N1)c1cc(OCC2CC2)cc(=O)o1.CCC[C@@H](NC(=O)[C@]1(C)CSC(/C(C)=N/O[C@H]2O[C@@H]3COC(C)(C)O[C@H]3[C@@H]3OC(C)(C)O[C@H]23)=N1)c1cc(OCC2CC2)cc(=O)o1. The Balaban J connectivity index is 0.000000172. The summed E-state index contributed by atoms with van der Waals surface area (Å²) in [6, 6.07) is 5.09. The zero-order valence-corrected chi connectivity index (χ0v) is 62.0. The largest absolute Gasteiger partial charge is 0.493 e. The van der Waals surface area contributed by atoms with E-state index in [1.165, 1.54) is 35.7 Å². The molecule has 10 aliphatic rings. The van der Waals surface area contributed by atoms with Gasteiger partial charge >= 0.3 is 11.3 Å². The van der Waals surface area contributed by atoms with Crippen molar-refractivity contribution in [3.63, 3.8) is 0 Å². The van der Waals surface area contributed by atoms with Crippen LogP contribution in [0.4, 0.5) is 0 Å². The molecule has 2 saturated carbocycles. The monoisotopic (exact) mass is 1490 g/mol. The van der Waals surface area contributed by atoms with Gasteiger partial charge in [-0.25, -0.2) is 9.59 Å². The number of halogens is 3. The van der Waals surface area contributed by atoms with E-state index in [1.807, 2.05) is 55.4 Å². The molecule has 33 heteroatoms. The molecule has 2 aromatic rings. The van der Waals surface area contributed by atoms with Gasteiger partial charge in [-0.1, -0.05) is 71.8 Å². The summed E-state index contributed by atoms with van der Waals surface area (Å²) >= 11 is 19.8. The predicted octanol–water partition coefficient (Wildman–Crippen LogP) is 9.97. The molecule has 28 nitrogen and oxygen atoms in total. The fourth-order valence-electron chi connectivity index (χ4n) is 11.9. The van der Waals surface area contributed by atoms with Crippen molar-refractivity contribution in [2.24, 2.45) is 32.1 Å². The lowest BCUT2D eigenvalue weighted by molar-refractivity contribution is -0.370. The molecule has 2 aliphatic carbocycles. The van der Waals surface area contributed by atoms with E-state index in [4.69, 9.17) is 126 Å². The fraction of sp³-hybridized carbons (Fsp3) is 0.742. The Hall–Kier alpha value is -4.64. The average Bonchev–Trinajstić information content (AvgIpc) is 1.64. The van der Waals surface area contributed by atoms with Gasteiger partial charge in [0.15, 0.2) is 35.4 Å². The molecule has 8 aliphatic heterocycles. The van der Waals surface area contributed by atoms with Crippen LogP contribution < -0.4 is 31.4 Å². The van der Waals surface area contributed by atoms with E-state index in [-0.39, 0.29) is 18.4 Å². The van der Waals surface area contributed by atoms with Crippen LogP contribution in [0.1, 0.15) is 172 Å². The van der Waals surface area contributed by atoms with Crippen LogP contribution in [-0.4, -0.2) is 182 Å². The molecule has 2 amide bonds. The Morgan fingerprint density at radius 3 is 1.44 bits per heavy atom. The van der Waals surface area contributed by atoms with Crippen molar-refractivity contribution >= 4 is 97.5 Å². The number of hydrogen-bond donors (Lipinski definition) is 4. The first-order valence-electron chi connectivity index (χ1n) is 33.5. The van der Waals surface area contributed by atoms with Gasteiger partial charge in [-0.15, -0.1) is 23.5 Å². The molecule has 99 heavy (non-hydrogen) atoms. The zero-order valence-electron chi connectivity index (χ0n) is 58.1. The summed E-state index contributed by atoms with van der Waals surface area (Å²) in [6.07, 6.45) is 1.69. The van der Waals surface area contributed by atoms with Crippen LogP contribution in [0, 0.1) is 17.2 Å². The van der Waals surface area contributed by atoms with Crippen molar-refractivity contribution in [1.29, 1.82) is 5.41 Å². The molecule has 4 N–H and O–H groups in total. The summed E-state index contributed by atoms with van der Waals surface area (Å²) in [5.74, 6) is -0.741. The van der Waals surface area contributed by atoms with Gasteiger partial charge in [0.25, 0.3) is 10.1 Å². The lowest BCUT2D eigenvalue weighted by atomic mass is 9.97. The number of carbonyl (C=O) groups excluding carboxylic acids is 2. The summed E-state index contributed by atoms with van der Waals surface area (Å²) in [4.78, 5) is 66.1. The second-order valence-electron chi connectivity index (χ2n) is 28.3. The first-order valence-corrected chi connectivity index (χ1v) is 36.6. The molecule has 14 atom stereocenters. The Morgan fingerprint density at radius 2 is 1.03 bits per heavy atom. The van der Waals surface area contributed by atoms with Crippen molar-refractivity contribution in [3.05, 3.63) is 56.6 Å². The smallest absolute Gasteiger partial charge is 0.339 e. The Kier molecular flexibility index (Phi) is 24.1. The molecule has 2 aromatic heterocycles. The van der Waals surface area contributed by atoms with Crippen LogP contribution in [0.25, 0.3) is 0 Å². The molecule has 550 valence electrons. The Morgan fingerprint density at radius 1 is 0.626 bits per heavy atom. The quantitative estimate of drug-likeness (QED) is 0.0297. The van der Waals surface area contributed by atoms with Gasteiger partial charge in [0.05, 0.1) is 50.6 Å². The normalized spacial score (nSPS) is 32.3. The second kappa shape index (κ2) is 31.0. The number of hydrogen-bond acceptors (Lipinski definition) is 28. The van der Waals surface area contributed by atoms with Gasteiger partial charge in [0.1, 0.15) is 92.2 Å². The Labute approximate surface area is 598 Å². The van der Waals surface area contributed by atoms with Crippen LogP contribution in [0.15, 0.2) is 63.0 Å². The van der Waals surface area contributed by atoms with E-state index < -0.39 is 129 Å². The lowest BCUT2D eigenvalue weighted by Crippen LogP contribution is -2.64. The molecule has 0 bridgehead atoms. The van der Waals surface area contributed by atoms with Crippen molar-refractivity contribution in [2.45, 2.75) is 260 Å². The van der Waals surface area contributed by atoms with E-state index in [0.717, 1.165) is 38.5 Å². The number of nitrogens with one attached hydrogen (secondary N) is 3. The van der Waals surface area contributed by atoms with E-state index in [1.54, 1.807) is 53.7 Å². The molecule has 0 aromatic carbocycles. The molecular formula is C66H92Cl3N7O21S2. The first-order chi connectivity index (χ1) is 46.5. The van der Waals surface area contributed by atoms with Gasteiger partial charge in [-0.2, -0.15) is 0 Å². The van der Waals surface area contributed by atoms with Crippen LogP contribution >= 0.6 is 58.3 Å². The highest BCUT2D eigenvalue weighted by molar-refractivity contribution is 8.16. The summed E-state index contributed by atoms with van der Waals surface area (Å²) in [7, 11) is 0. The third kappa shape index (κ3) is 19.8. The predicted molar refractivity (Wildman–Crippen MR) is 368 cm³/mol. The third-order valence-electron chi connectivity index (χ3n) is 17.4. The van der Waals surface area contributed by atoms with Gasteiger partial charge in [-0.3, -0.25) is 25.0 Å². The molecule has 0 radical (unpaired) electrons. The second-order valence-corrected chi connectivity index (χ2v) is 32.5. The van der Waals surface area contributed by atoms with E-state index in [9.17, 15) is 19.2 Å². The maximum absolute atomic E-state index is 13.6. The number of nitrogens with zero attached hydrogens (tertiary/aromatic N) is 4. The lowest BCUT2D eigenvalue weighted by Gasteiger charge is -2.48. The topological polar surface area (TPSA) is 341 Å². The van der Waals surface area contributed by atoms with E-state index in [2.05, 4.69) is 25.9 Å². The number of rotatable bonds is 21. The number of oxime groups is 2.